The fourth-order valence-electron chi connectivity index (χ4n) is 1.33. The molecule has 0 saturated heterocycles. The Hall–Kier alpha value is -1.49. The number of amides is 1. The molecule has 0 rings (SSSR count). The summed E-state index contributed by atoms with van der Waals surface area (Å²) in [5, 5.41) is 2.37. The first-order valence-electron chi connectivity index (χ1n) is 7.44. The Morgan fingerprint density at radius 2 is 2.04 bits per heavy atom. The molecule has 0 aliphatic carbocycles. The van der Waals surface area contributed by atoms with Gasteiger partial charge in [-0.25, -0.2) is 9.59 Å². The molecule has 0 saturated carbocycles. The summed E-state index contributed by atoms with van der Waals surface area (Å²) in [5.74, 6) is -0.257. The number of alkyl carbamates (subject to hydrolysis) is 1. The molecule has 9 nitrogen and oxygen atoms in total. The number of ether oxygens (including phenoxy) is 3. The highest BCUT2D eigenvalue weighted by Crippen LogP contribution is 2.03. The van der Waals surface area contributed by atoms with Gasteiger partial charge >= 0.3 is 23.4 Å². The van der Waals surface area contributed by atoms with Crippen molar-refractivity contribution in [3.05, 3.63) is 12.7 Å². The molecule has 0 heterocycles. The van der Waals surface area contributed by atoms with Gasteiger partial charge in [0, 0.05) is 12.7 Å². The average Bonchev–Trinajstić information content (AvgIpc) is 2.55. The zero-order valence-corrected chi connectivity index (χ0v) is 14.7. The van der Waals surface area contributed by atoms with Gasteiger partial charge in [-0.2, -0.15) is 4.21 Å². The highest BCUT2D eigenvalue weighted by molar-refractivity contribution is 7.74. The molecule has 0 aliphatic heterocycles. The predicted octanol–water partition coefficient (Wildman–Crippen LogP) is 1.03. The van der Waals surface area contributed by atoms with E-state index in [2.05, 4.69) is 20.8 Å². The second kappa shape index (κ2) is 13.9. The van der Waals surface area contributed by atoms with Gasteiger partial charge in [-0.3, -0.25) is 8.74 Å². The molecule has 24 heavy (non-hydrogen) atoms. The second-order valence-corrected chi connectivity index (χ2v) is 5.55. The first kappa shape index (κ1) is 22.5. The third-order valence-electron chi connectivity index (χ3n) is 2.81. The highest BCUT2D eigenvalue weighted by atomic mass is 32.2. The lowest BCUT2D eigenvalue weighted by Gasteiger charge is -2.18. The van der Waals surface area contributed by atoms with Crippen LogP contribution in [0.3, 0.4) is 0 Å². The molecule has 1 amide bonds. The van der Waals surface area contributed by atoms with Crippen molar-refractivity contribution in [1.82, 2.24) is 5.32 Å². The van der Waals surface area contributed by atoms with Crippen molar-refractivity contribution in [3.8, 4) is 0 Å². The molecule has 0 aromatic heterocycles. The molecule has 140 valence electrons. The summed E-state index contributed by atoms with van der Waals surface area (Å²) in [7, 11) is 0. The Balaban J connectivity index is 4.15. The minimum atomic E-state index is -2.46. The Labute approximate surface area is 144 Å². The van der Waals surface area contributed by atoms with Gasteiger partial charge in [-0.1, -0.05) is 26.8 Å². The maximum atomic E-state index is 11.6. The van der Waals surface area contributed by atoms with Crippen LogP contribution in [0, 0.1) is 5.92 Å². The first-order chi connectivity index (χ1) is 11.4. The van der Waals surface area contributed by atoms with Crippen LogP contribution < -0.4 is 5.32 Å². The van der Waals surface area contributed by atoms with Gasteiger partial charge in [-0.05, 0) is 5.92 Å². The minimum Gasteiger partial charge on any atom is -0.461 e. The fraction of sp³-hybridized carbons (Fsp3) is 0.714. The summed E-state index contributed by atoms with van der Waals surface area (Å²) in [4.78, 5) is 22.4. The lowest BCUT2D eigenvalue weighted by atomic mass is 10.1. The van der Waals surface area contributed by atoms with Gasteiger partial charge < -0.3 is 19.5 Å². The Morgan fingerprint density at radius 3 is 2.62 bits per heavy atom. The van der Waals surface area contributed by atoms with Gasteiger partial charge in [0.2, 0.25) is 0 Å². The van der Waals surface area contributed by atoms with E-state index < -0.39 is 29.5 Å². The summed E-state index contributed by atoms with van der Waals surface area (Å²) in [6, 6.07) is 0. The van der Waals surface area contributed by atoms with Crippen LogP contribution in [-0.4, -0.2) is 59.9 Å². The molecular weight excluding hydrogens is 342 g/mol. The average molecular weight is 367 g/mol. The van der Waals surface area contributed by atoms with Crippen molar-refractivity contribution in [1.29, 1.82) is 0 Å². The van der Waals surface area contributed by atoms with E-state index in [1.54, 1.807) is 0 Å². The third kappa shape index (κ3) is 13.0. The van der Waals surface area contributed by atoms with Crippen LogP contribution in [0.1, 0.15) is 20.3 Å². The van der Waals surface area contributed by atoms with E-state index >= 15 is 0 Å². The van der Waals surface area contributed by atoms with Crippen LogP contribution >= 0.6 is 0 Å². The van der Waals surface area contributed by atoms with Gasteiger partial charge in [0.25, 0.3) is 0 Å². The van der Waals surface area contributed by atoms with Crippen LogP contribution in [0.15, 0.2) is 12.7 Å². The Morgan fingerprint density at radius 1 is 1.33 bits per heavy atom. The van der Waals surface area contributed by atoms with E-state index in [1.165, 1.54) is 0 Å². The highest BCUT2D eigenvalue weighted by Gasteiger charge is 2.17. The topological polar surface area (TPSA) is 120 Å². The van der Waals surface area contributed by atoms with E-state index in [4.69, 9.17) is 14.0 Å². The lowest BCUT2D eigenvalue weighted by molar-refractivity contribution is -0.137. The number of hydrogen-bond donors (Lipinski definition) is 2. The van der Waals surface area contributed by atoms with Crippen LogP contribution in [-0.2, 0) is 34.5 Å². The molecule has 3 atom stereocenters. The maximum absolute atomic E-state index is 11.6. The Kier molecular flexibility index (Phi) is 13.0. The second-order valence-electron chi connectivity index (χ2n) is 4.88. The lowest BCUT2D eigenvalue weighted by Crippen LogP contribution is -2.36. The normalized spacial score (nSPS) is 14.3. The van der Waals surface area contributed by atoms with Crippen LogP contribution in [0.2, 0.25) is 0 Å². The first-order valence-corrected chi connectivity index (χ1v) is 8.47. The van der Waals surface area contributed by atoms with Gasteiger partial charge in [0.15, 0.2) is 6.10 Å². The van der Waals surface area contributed by atoms with Gasteiger partial charge in [0.1, 0.15) is 13.2 Å². The SMILES string of the molecule is C=CC(=O)OCCNC(=O)OC(COCC(C)CC)COS(=O)O. The zero-order chi connectivity index (χ0) is 18.4. The number of hydrogen-bond acceptors (Lipinski definition) is 7. The smallest absolute Gasteiger partial charge is 0.407 e. The van der Waals surface area contributed by atoms with Gasteiger partial charge in [0.05, 0.1) is 13.2 Å². The van der Waals surface area contributed by atoms with Crippen LogP contribution in [0.5, 0.6) is 0 Å². The van der Waals surface area contributed by atoms with E-state index in [0.717, 1.165) is 12.5 Å². The standard InChI is InChI=1S/C14H25NO8S/c1-4-11(3)8-20-9-12(10-22-24(18)19)23-14(17)15-6-7-21-13(16)5-2/h5,11-12H,2,4,6-10H2,1,3H3,(H,15,17)(H,18,19). The van der Waals surface area contributed by atoms with E-state index in [1.807, 2.05) is 13.8 Å². The fourth-order valence-corrected chi connectivity index (χ4v) is 1.59. The van der Waals surface area contributed by atoms with E-state index in [-0.39, 0.29) is 26.4 Å². The largest absolute Gasteiger partial charge is 0.461 e. The quantitative estimate of drug-likeness (QED) is 0.214. The third-order valence-corrected chi connectivity index (χ3v) is 3.15. The van der Waals surface area contributed by atoms with Crippen LogP contribution in [0.4, 0.5) is 4.79 Å². The maximum Gasteiger partial charge on any atom is 0.407 e. The number of esters is 1. The molecule has 10 heteroatoms. The molecule has 2 N–H and O–H groups in total. The summed E-state index contributed by atoms with van der Waals surface area (Å²) >= 11 is -2.46. The monoisotopic (exact) mass is 367 g/mol. The minimum absolute atomic E-state index is 0.0282. The van der Waals surface area contributed by atoms with Crippen molar-refractivity contribution in [2.75, 3.05) is 33.0 Å². The Bertz CT molecular complexity index is 418. The van der Waals surface area contributed by atoms with Crippen molar-refractivity contribution in [2.45, 2.75) is 26.4 Å². The van der Waals surface area contributed by atoms with E-state index in [9.17, 15) is 13.8 Å². The molecule has 0 bridgehead atoms. The predicted molar refractivity (Wildman–Crippen MR) is 86.4 cm³/mol. The molecule has 0 spiro atoms. The summed E-state index contributed by atoms with van der Waals surface area (Å²) in [6.45, 7) is 7.48. The summed E-state index contributed by atoms with van der Waals surface area (Å²) < 4.78 is 38.8. The summed E-state index contributed by atoms with van der Waals surface area (Å²) in [5.41, 5.74) is 0. The molecule has 0 aliphatic rings. The molecule has 0 fully saturated rings. The van der Waals surface area contributed by atoms with E-state index in [0.29, 0.717) is 12.5 Å². The van der Waals surface area contributed by atoms with Crippen molar-refractivity contribution in [3.63, 3.8) is 0 Å². The number of rotatable bonds is 13. The molecule has 0 aromatic carbocycles. The van der Waals surface area contributed by atoms with Crippen LogP contribution in [0.25, 0.3) is 0 Å². The molecular formula is C14H25NO8S. The van der Waals surface area contributed by atoms with Crippen molar-refractivity contribution < 1.29 is 36.7 Å². The zero-order valence-electron chi connectivity index (χ0n) is 13.9. The van der Waals surface area contributed by atoms with Crippen molar-refractivity contribution >= 4 is 23.4 Å². The summed E-state index contributed by atoms with van der Waals surface area (Å²) in [6.07, 6.45) is 0.317. The number of carbonyl (C=O) groups excluding carboxylic acids is 2. The molecule has 0 radical (unpaired) electrons. The number of nitrogens with one attached hydrogen (secondary N) is 1. The molecule has 0 aromatic rings. The van der Waals surface area contributed by atoms with Crippen molar-refractivity contribution in [2.24, 2.45) is 5.92 Å². The number of carbonyl (C=O) groups is 2. The van der Waals surface area contributed by atoms with Gasteiger partial charge in [-0.15, -0.1) is 0 Å². The molecule has 3 unspecified atom stereocenters.